The number of carbonyl (C=O) groups excluding carboxylic acids is 4. The lowest BCUT2D eigenvalue weighted by Crippen LogP contribution is -2.60. The summed E-state index contributed by atoms with van der Waals surface area (Å²) in [7, 11) is 0. The predicted octanol–water partition coefficient (Wildman–Crippen LogP) is 6.16. The van der Waals surface area contributed by atoms with E-state index >= 15 is 0 Å². The number of nitrogens with zero attached hydrogens (tertiary/aromatic N) is 3. The lowest BCUT2D eigenvalue weighted by molar-refractivity contribution is -0.144. The molecule has 9 nitrogen and oxygen atoms in total. The number of phenols is 1. The molecule has 3 saturated heterocycles. The van der Waals surface area contributed by atoms with Crippen LogP contribution in [0.1, 0.15) is 49.7 Å². The van der Waals surface area contributed by atoms with E-state index in [0.717, 1.165) is 36.7 Å². The van der Waals surface area contributed by atoms with E-state index < -0.39 is 51.1 Å². The molecule has 0 spiro atoms. The van der Waals surface area contributed by atoms with Crippen molar-refractivity contribution >= 4 is 52.5 Å². The summed E-state index contributed by atoms with van der Waals surface area (Å²) in [5.74, 6) is -5.78. The molecule has 4 fully saturated rings. The van der Waals surface area contributed by atoms with E-state index in [1.165, 1.54) is 28.7 Å². The van der Waals surface area contributed by atoms with Crippen molar-refractivity contribution in [3.8, 4) is 11.5 Å². The Morgan fingerprint density at radius 3 is 2.31 bits per heavy atom. The van der Waals surface area contributed by atoms with E-state index in [0.29, 0.717) is 24.0 Å². The summed E-state index contributed by atoms with van der Waals surface area (Å²) >= 11 is 15.0. The van der Waals surface area contributed by atoms with Gasteiger partial charge in [-0.15, -0.1) is 23.2 Å². The molecule has 12 heteroatoms. The fourth-order valence-electron chi connectivity index (χ4n) is 9.32. The van der Waals surface area contributed by atoms with Crippen molar-refractivity contribution in [2.75, 3.05) is 24.6 Å². The van der Waals surface area contributed by atoms with Crippen LogP contribution in [0.5, 0.6) is 11.5 Å². The maximum Gasteiger partial charge on any atom is 0.258 e. The molecule has 6 atom stereocenters. The Bertz CT molecular complexity index is 1990. The maximum atomic E-state index is 14.6. The smallest absolute Gasteiger partial charge is 0.258 e. The van der Waals surface area contributed by atoms with E-state index in [4.69, 9.17) is 27.9 Å². The van der Waals surface area contributed by atoms with Crippen LogP contribution in [-0.2, 0) is 25.7 Å². The van der Waals surface area contributed by atoms with Crippen molar-refractivity contribution in [3.63, 3.8) is 0 Å². The number of fused-ring (bicyclic) bond motifs is 4. The van der Waals surface area contributed by atoms with E-state index in [9.17, 15) is 28.7 Å². The SMILES string of the molecule is CCOc1cc(C2C3=CCC4C(=O)N(C5CCN(Cc6ccccc6)CC5)C(=O)C4C3CC3(Cl)C(=O)N(c4ccc(F)cc4)C(=O)C23Cl)ccc1O. The molecule has 6 unspecified atom stereocenters. The van der Waals surface area contributed by atoms with Crippen molar-refractivity contribution in [2.45, 2.75) is 60.9 Å². The molecule has 52 heavy (non-hydrogen) atoms. The number of halogens is 3. The highest BCUT2D eigenvalue weighted by atomic mass is 35.5. The molecular formula is C40H38Cl2FN3O6. The minimum atomic E-state index is -2.08. The first-order chi connectivity index (χ1) is 25.0. The van der Waals surface area contributed by atoms with Crippen molar-refractivity contribution in [2.24, 2.45) is 17.8 Å². The third kappa shape index (κ3) is 5.20. The van der Waals surface area contributed by atoms with Gasteiger partial charge in [-0.05, 0) is 86.1 Å². The standard InChI is InChI=1S/C40H38Cl2FN3O6/c1-2-52-32-20-24(8-15-31(32)47)34-28-13-14-29-33(36(49)45(35(29)48)27-16-18-44(19-17-27)22-23-6-4-3-5-7-23)30(28)21-39(41)37(50)46(38(51)40(34,39)42)26-11-9-25(43)10-12-26/h3-13,15,20,27,29-30,33-34,47H,2,14,16-19,21-22H2,1H3. The molecule has 3 aromatic carbocycles. The summed E-state index contributed by atoms with van der Waals surface area (Å²) < 4.78 is 19.6. The second kappa shape index (κ2) is 13.0. The van der Waals surface area contributed by atoms with Crippen LogP contribution in [0.4, 0.5) is 10.1 Å². The third-order valence-corrected chi connectivity index (χ3v) is 13.1. The van der Waals surface area contributed by atoms with Gasteiger partial charge < -0.3 is 9.84 Å². The van der Waals surface area contributed by atoms with Gasteiger partial charge in [-0.3, -0.25) is 29.0 Å². The number of imide groups is 2. The first kappa shape index (κ1) is 34.8. The molecule has 0 bridgehead atoms. The van der Waals surface area contributed by atoms with Crippen LogP contribution >= 0.6 is 23.2 Å². The number of hydrogen-bond donors (Lipinski definition) is 1. The molecular weight excluding hydrogens is 708 g/mol. The van der Waals surface area contributed by atoms with Crippen molar-refractivity contribution in [3.05, 3.63) is 101 Å². The Hall–Kier alpha value is -4.25. The first-order valence-electron chi connectivity index (χ1n) is 17.8. The first-order valence-corrected chi connectivity index (χ1v) is 18.5. The van der Waals surface area contributed by atoms with Gasteiger partial charge >= 0.3 is 0 Å². The highest BCUT2D eigenvalue weighted by molar-refractivity contribution is 6.58. The van der Waals surface area contributed by atoms with Crippen molar-refractivity contribution in [1.82, 2.24) is 9.80 Å². The van der Waals surface area contributed by atoms with E-state index in [1.807, 2.05) is 24.3 Å². The van der Waals surface area contributed by atoms with Crippen LogP contribution in [0, 0.1) is 23.6 Å². The number of anilines is 1. The number of amides is 4. The van der Waals surface area contributed by atoms with Crippen LogP contribution in [0.2, 0.25) is 0 Å². The number of likely N-dealkylation sites (tertiary alicyclic amines) is 2. The van der Waals surface area contributed by atoms with Gasteiger partial charge in [-0.2, -0.15) is 0 Å². The van der Waals surface area contributed by atoms with Crippen LogP contribution in [-0.4, -0.2) is 74.0 Å². The monoisotopic (exact) mass is 745 g/mol. The number of aromatic hydroxyl groups is 1. The lowest BCUT2D eigenvalue weighted by Gasteiger charge is -2.50. The number of rotatable bonds is 7. The summed E-state index contributed by atoms with van der Waals surface area (Å²) in [6, 6.07) is 19.5. The number of ether oxygens (including phenoxy) is 1. The van der Waals surface area contributed by atoms with Gasteiger partial charge in [0.15, 0.2) is 21.2 Å². The number of hydrogen-bond acceptors (Lipinski definition) is 7. The number of allylic oxidation sites excluding steroid dienone is 2. The molecule has 1 N–H and O–H groups in total. The second-order valence-electron chi connectivity index (χ2n) is 14.5. The van der Waals surface area contributed by atoms with Crippen LogP contribution < -0.4 is 9.64 Å². The number of phenolic OH excluding ortho intramolecular Hbond substituents is 1. The zero-order chi connectivity index (χ0) is 36.5. The molecule has 0 radical (unpaired) electrons. The third-order valence-electron chi connectivity index (χ3n) is 11.7. The van der Waals surface area contributed by atoms with Crippen molar-refractivity contribution in [1.29, 1.82) is 0 Å². The van der Waals surface area contributed by atoms with Crippen LogP contribution in [0.3, 0.4) is 0 Å². The summed E-state index contributed by atoms with van der Waals surface area (Å²) in [4.78, 5) is 58.4. The minimum absolute atomic E-state index is 0.108. The van der Waals surface area contributed by atoms with Gasteiger partial charge in [-0.25, -0.2) is 9.29 Å². The highest BCUT2D eigenvalue weighted by Gasteiger charge is 2.76. The van der Waals surface area contributed by atoms with Gasteiger partial charge in [0.05, 0.1) is 24.1 Å². The minimum Gasteiger partial charge on any atom is -0.504 e. The summed E-state index contributed by atoms with van der Waals surface area (Å²) in [5.41, 5.74) is 2.41. The Morgan fingerprint density at radius 1 is 0.904 bits per heavy atom. The van der Waals surface area contributed by atoms with Crippen molar-refractivity contribution < 1.29 is 33.4 Å². The van der Waals surface area contributed by atoms with Crippen LogP contribution in [0.15, 0.2) is 84.4 Å². The summed E-state index contributed by atoms with van der Waals surface area (Å²) in [5, 5.41) is 10.6. The van der Waals surface area contributed by atoms with E-state index in [2.05, 4.69) is 17.0 Å². The highest BCUT2D eigenvalue weighted by Crippen LogP contribution is 2.66. The predicted molar refractivity (Wildman–Crippen MR) is 192 cm³/mol. The largest absolute Gasteiger partial charge is 0.504 e. The zero-order valence-corrected chi connectivity index (χ0v) is 30.0. The quantitative estimate of drug-likeness (QED) is 0.176. The average Bonchev–Trinajstić information content (AvgIpc) is 3.48. The molecule has 2 aliphatic carbocycles. The van der Waals surface area contributed by atoms with Crippen LogP contribution in [0.25, 0.3) is 0 Å². The number of alkyl halides is 2. The topological polar surface area (TPSA) is 107 Å². The molecule has 270 valence electrons. The van der Waals surface area contributed by atoms with Gasteiger partial charge in [0.2, 0.25) is 11.8 Å². The Labute approximate surface area is 310 Å². The summed E-state index contributed by atoms with van der Waals surface area (Å²) in [6.07, 6.45) is 3.27. The summed E-state index contributed by atoms with van der Waals surface area (Å²) in [6.45, 7) is 4.27. The van der Waals surface area contributed by atoms with Gasteiger partial charge in [0, 0.05) is 31.6 Å². The molecule has 3 heterocycles. The Kier molecular flexibility index (Phi) is 8.71. The molecule has 4 amide bonds. The zero-order valence-electron chi connectivity index (χ0n) is 28.5. The number of carbonyl (C=O) groups is 4. The molecule has 3 aromatic rings. The lowest BCUT2D eigenvalue weighted by atomic mass is 9.56. The molecule has 0 aromatic heterocycles. The fourth-order valence-corrected chi connectivity index (χ4v) is 10.3. The molecule has 5 aliphatic rings. The Morgan fingerprint density at radius 2 is 1.62 bits per heavy atom. The molecule has 1 saturated carbocycles. The van der Waals surface area contributed by atoms with Gasteiger partial charge in [-0.1, -0.05) is 48.0 Å². The van der Waals surface area contributed by atoms with E-state index in [1.54, 1.807) is 19.1 Å². The second-order valence-corrected chi connectivity index (χ2v) is 15.7. The average molecular weight is 747 g/mol. The Balaban J connectivity index is 1.16. The number of piperidine rings is 1. The normalized spacial score (nSPS) is 30.7. The van der Waals surface area contributed by atoms with Gasteiger partial charge in [0.25, 0.3) is 11.8 Å². The van der Waals surface area contributed by atoms with E-state index in [-0.39, 0.29) is 54.5 Å². The van der Waals surface area contributed by atoms with Gasteiger partial charge in [0.1, 0.15) is 5.82 Å². The molecule has 3 aliphatic heterocycles. The molecule has 8 rings (SSSR count). The number of benzene rings is 3. The maximum absolute atomic E-state index is 14.6. The fraction of sp³-hybridized carbons (Fsp3) is 0.400.